The van der Waals surface area contributed by atoms with Crippen LogP contribution < -0.4 is 16.4 Å². The largest absolute Gasteiger partial charge is 0.399 e. The molecule has 3 rings (SSSR count). The number of benzene rings is 2. The Kier molecular flexibility index (Phi) is 5.55. The Bertz CT molecular complexity index is 948. The minimum absolute atomic E-state index is 0.0866. The van der Waals surface area contributed by atoms with Gasteiger partial charge in [0, 0.05) is 17.1 Å². The lowest BCUT2D eigenvalue weighted by atomic mass is 10.1. The van der Waals surface area contributed by atoms with Crippen LogP contribution >= 0.6 is 23.2 Å². The van der Waals surface area contributed by atoms with Gasteiger partial charge in [-0.3, -0.25) is 4.79 Å². The van der Waals surface area contributed by atoms with E-state index in [1.807, 2.05) is 18.2 Å². The van der Waals surface area contributed by atoms with E-state index < -0.39 is 0 Å². The van der Waals surface area contributed by atoms with E-state index in [2.05, 4.69) is 20.6 Å². The van der Waals surface area contributed by atoms with Gasteiger partial charge in [-0.1, -0.05) is 29.8 Å². The summed E-state index contributed by atoms with van der Waals surface area (Å²) in [6.45, 7) is 0. The summed E-state index contributed by atoms with van der Waals surface area (Å²) in [4.78, 5) is 20.1. The maximum Gasteiger partial charge on any atom is 0.228 e. The maximum atomic E-state index is 12.2. The number of carbonyl (C=O) groups excluding carboxylic acids is 1. The molecule has 3 aromatic rings. The van der Waals surface area contributed by atoms with E-state index in [9.17, 15) is 4.79 Å². The highest BCUT2D eigenvalue weighted by Crippen LogP contribution is 2.25. The normalized spacial score (nSPS) is 10.4. The number of nitrogens with two attached hydrogens (primary N) is 1. The minimum atomic E-state index is -0.143. The molecule has 0 radical (unpaired) electrons. The molecule has 0 saturated carbocycles. The Morgan fingerprint density at radius 2 is 1.85 bits per heavy atom. The van der Waals surface area contributed by atoms with Crippen molar-refractivity contribution in [2.45, 2.75) is 6.42 Å². The molecule has 0 aliphatic rings. The van der Waals surface area contributed by atoms with Crippen molar-refractivity contribution in [3.05, 3.63) is 70.6 Å². The summed E-state index contributed by atoms with van der Waals surface area (Å²) in [5, 5.41) is 6.32. The highest BCUT2D eigenvalue weighted by atomic mass is 35.5. The molecule has 0 unspecified atom stereocenters. The lowest BCUT2D eigenvalue weighted by Crippen LogP contribution is -2.14. The minimum Gasteiger partial charge on any atom is -0.399 e. The number of hydrogen-bond donors (Lipinski definition) is 3. The number of rotatable bonds is 5. The molecule has 1 aromatic heterocycles. The first-order chi connectivity index (χ1) is 12.5. The molecule has 0 spiro atoms. The zero-order valence-electron chi connectivity index (χ0n) is 13.5. The van der Waals surface area contributed by atoms with Crippen LogP contribution in [0, 0.1) is 0 Å². The topological polar surface area (TPSA) is 92.9 Å². The molecular formula is C18H15Cl2N5O. The first-order valence-corrected chi connectivity index (χ1v) is 8.44. The highest BCUT2D eigenvalue weighted by molar-refractivity contribution is 6.33. The lowest BCUT2D eigenvalue weighted by Gasteiger charge is -2.10. The van der Waals surface area contributed by atoms with Crippen molar-refractivity contribution in [2.24, 2.45) is 0 Å². The Hall–Kier alpha value is -2.83. The van der Waals surface area contributed by atoms with E-state index in [-0.39, 0.29) is 17.6 Å². The van der Waals surface area contributed by atoms with E-state index in [4.69, 9.17) is 28.9 Å². The summed E-state index contributed by atoms with van der Waals surface area (Å²) < 4.78 is 0. The van der Waals surface area contributed by atoms with Gasteiger partial charge in [0.1, 0.15) is 5.02 Å². The number of amides is 1. The SMILES string of the molecule is Nc1cccc(CC(=O)Nc2cccc(Nc3nc(Cl)ncc3Cl)c2)c1. The molecule has 0 fully saturated rings. The van der Waals surface area contributed by atoms with Crippen LogP contribution in [0.25, 0.3) is 0 Å². The van der Waals surface area contributed by atoms with E-state index in [0.717, 1.165) is 5.56 Å². The number of nitrogen functional groups attached to an aromatic ring is 1. The summed E-state index contributed by atoms with van der Waals surface area (Å²) >= 11 is 11.8. The number of nitrogens with one attached hydrogen (secondary N) is 2. The molecule has 0 atom stereocenters. The molecule has 26 heavy (non-hydrogen) atoms. The molecule has 4 N–H and O–H groups in total. The number of halogens is 2. The van der Waals surface area contributed by atoms with Crippen molar-refractivity contribution >= 4 is 52.0 Å². The Morgan fingerprint density at radius 1 is 1.08 bits per heavy atom. The van der Waals surface area contributed by atoms with E-state index in [1.165, 1.54) is 6.20 Å². The van der Waals surface area contributed by atoms with Crippen LogP contribution in [0.5, 0.6) is 0 Å². The first-order valence-electron chi connectivity index (χ1n) is 7.69. The molecule has 132 valence electrons. The fourth-order valence-electron chi connectivity index (χ4n) is 2.34. The molecule has 0 saturated heterocycles. The number of anilines is 4. The lowest BCUT2D eigenvalue weighted by molar-refractivity contribution is -0.115. The standard InChI is InChI=1S/C18H15Cl2N5O/c19-15-10-22-18(20)25-17(15)24-14-6-2-5-13(9-14)23-16(26)8-11-3-1-4-12(21)7-11/h1-7,9-10H,8,21H2,(H,23,26)(H,22,24,25). The summed E-state index contributed by atoms with van der Waals surface area (Å²) in [5.41, 5.74) is 8.54. The summed E-state index contributed by atoms with van der Waals surface area (Å²) in [7, 11) is 0. The summed E-state index contributed by atoms with van der Waals surface area (Å²) in [6.07, 6.45) is 1.65. The fraction of sp³-hybridized carbons (Fsp3) is 0.0556. The van der Waals surface area contributed by atoms with Crippen LogP contribution in [0.15, 0.2) is 54.7 Å². The molecule has 0 bridgehead atoms. The predicted octanol–water partition coefficient (Wildman–Crippen LogP) is 4.29. The zero-order chi connectivity index (χ0) is 18.5. The van der Waals surface area contributed by atoms with Crippen molar-refractivity contribution in [3.63, 3.8) is 0 Å². The smallest absolute Gasteiger partial charge is 0.228 e. The van der Waals surface area contributed by atoms with Gasteiger partial charge in [0.2, 0.25) is 11.2 Å². The van der Waals surface area contributed by atoms with Gasteiger partial charge >= 0.3 is 0 Å². The average molecular weight is 388 g/mol. The van der Waals surface area contributed by atoms with Gasteiger partial charge in [0.05, 0.1) is 12.6 Å². The van der Waals surface area contributed by atoms with Gasteiger partial charge in [-0.05, 0) is 47.5 Å². The van der Waals surface area contributed by atoms with Gasteiger partial charge in [-0.25, -0.2) is 4.98 Å². The average Bonchev–Trinajstić information content (AvgIpc) is 2.58. The van der Waals surface area contributed by atoms with Crippen molar-refractivity contribution in [1.82, 2.24) is 9.97 Å². The zero-order valence-corrected chi connectivity index (χ0v) is 15.1. The van der Waals surface area contributed by atoms with E-state index in [0.29, 0.717) is 27.9 Å². The van der Waals surface area contributed by atoms with E-state index >= 15 is 0 Å². The second kappa shape index (κ2) is 8.03. The quantitative estimate of drug-likeness (QED) is 0.448. The van der Waals surface area contributed by atoms with E-state index in [1.54, 1.807) is 30.3 Å². The van der Waals surface area contributed by atoms with Crippen molar-refractivity contribution in [3.8, 4) is 0 Å². The van der Waals surface area contributed by atoms with Crippen LogP contribution in [0.1, 0.15) is 5.56 Å². The van der Waals surface area contributed by atoms with Gasteiger partial charge in [-0.15, -0.1) is 0 Å². The van der Waals surface area contributed by atoms with Gasteiger partial charge in [-0.2, -0.15) is 4.98 Å². The van der Waals surface area contributed by atoms with Crippen molar-refractivity contribution in [2.75, 3.05) is 16.4 Å². The number of hydrogen-bond acceptors (Lipinski definition) is 5. The van der Waals surface area contributed by atoms with Crippen LogP contribution in [-0.2, 0) is 11.2 Å². The first kappa shape index (κ1) is 18.0. The predicted molar refractivity (Wildman–Crippen MR) is 105 cm³/mol. The molecule has 0 aliphatic carbocycles. The third-order valence-electron chi connectivity index (χ3n) is 3.44. The Balaban J connectivity index is 1.69. The monoisotopic (exact) mass is 387 g/mol. The maximum absolute atomic E-state index is 12.2. The molecule has 1 amide bonds. The molecule has 0 aliphatic heterocycles. The van der Waals surface area contributed by atoms with Gasteiger partial charge in [0.25, 0.3) is 0 Å². The van der Waals surface area contributed by atoms with Crippen molar-refractivity contribution in [1.29, 1.82) is 0 Å². The molecular weight excluding hydrogens is 373 g/mol. The number of aromatic nitrogens is 2. The number of carbonyl (C=O) groups is 1. The third kappa shape index (κ3) is 4.84. The Morgan fingerprint density at radius 3 is 2.65 bits per heavy atom. The number of nitrogens with zero attached hydrogens (tertiary/aromatic N) is 2. The van der Waals surface area contributed by atoms with Crippen LogP contribution in [0.4, 0.5) is 22.9 Å². The van der Waals surface area contributed by atoms with Crippen LogP contribution in [0.2, 0.25) is 10.3 Å². The molecule has 6 nitrogen and oxygen atoms in total. The van der Waals surface area contributed by atoms with Crippen molar-refractivity contribution < 1.29 is 4.79 Å². The summed E-state index contributed by atoms with van der Waals surface area (Å²) in [5.74, 6) is 0.241. The second-order valence-corrected chi connectivity index (χ2v) is 6.26. The fourth-order valence-corrected chi connectivity index (χ4v) is 2.61. The molecule has 8 heteroatoms. The van der Waals surface area contributed by atoms with Crippen LogP contribution in [0.3, 0.4) is 0 Å². The Labute approximate surface area is 160 Å². The van der Waals surface area contributed by atoms with Gasteiger partial charge < -0.3 is 16.4 Å². The molecule has 1 heterocycles. The highest BCUT2D eigenvalue weighted by Gasteiger charge is 2.07. The van der Waals surface area contributed by atoms with Gasteiger partial charge in [0.15, 0.2) is 5.82 Å². The third-order valence-corrected chi connectivity index (χ3v) is 3.90. The van der Waals surface area contributed by atoms with Crippen LogP contribution in [-0.4, -0.2) is 15.9 Å². The molecule has 2 aromatic carbocycles. The summed E-state index contributed by atoms with van der Waals surface area (Å²) in [6, 6.07) is 14.4. The second-order valence-electron chi connectivity index (χ2n) is 5.51.